The maximum Gasteiger partial charge on any atom is 0.310 e. The molecule has 0 saturated carbocycles. The highest BCUT2D eigenvalue weighted by atomic mass is 79.9. The molecule has 0 heterocycles. The molecule has 0 fully saturated rings. The average molecular weight is 261 g/mol. The molecule has 1 atom stereocenters. The van der Waals surface area contributed by atoms with Gasteiger partial charge in [0.1, 0.15) is 5.82 Å². The van der Waals surface area contributed by atoms with Gasteiger partial charge in [0.15, 0.2) is 0 Å². The largest absolute Gasteiger partial charge is 0.481 e. The number of hydrogen-bond donors (Lipinski definition) is 1. The second kappa shape index (κ2) is 4.09. The lowest BCUT2D eigenvalue weighted by Gasteiger charge is -2.11. The SMILES string of the molecule is Cc1ccc(Br)c(C(C)C(=O)O)c1F. The Bertz CT molecular complexity index is 377. The van der Waals surface area contributed by atoms with Gasteiger partial charge in [0, 0.05) is 10.0 Å². The molecule has 1 aromatic rings. The number of aryl methyl sites for hydroxylation is 1. The summed E-state index contributed by atoms with van der Waals surface area (Å²) in [6, 6.07) is 3.27. The van der Waals surface area contributed by atoms with Crippen molar-refractivity contribution >= 4 is 21.9 Å². The van der Waals surface area contributed by atoms with Crippen LogP contribution >= 0.6 is 15.9 Å². The molecule has 2 nitrogen and oxygen atoms in total. The Morgan fingerprint density at radius 1 is 1.57 bits per heavy atom. The molecule has 0 aliphatic heterocycles. The summed E-state index contributed by atoms with van der Waals surface area (Å²) in [7, 11) is 0. The average Bonchev–Trinajstić information content (AvgIpc) is 2.12. The molecule has 1 aromatic carbocycles. The Balaban J connectivity index is 3.32. The molecule has 76 valence electrons. The number of halogens is 2. The van der Waals surface area contributed by atoms with Crippen LogP contribution in [0.4, 0.5) is 4.39 Å². The van der Waals surface area contributed by atoms with E-state index in [4.69, 9.17) is 5.11 Å². The number of carbonyl (C=O) groups is 1. The number of benzene rings is 1. The summed E-state index contributed by atoms with van der Waals surface area (Å²) in [4.78, 5) is 10.7. The number of rotatable bonds is 2. The number of carboxylic acids is 1. The van der Waals surface area contributed by atoms with Crippen molar-refractivity contribution in [3.63, 3.8) is 0 Å². The van der Waals surface area contributed by atoms with Gasteiger partial charge in [-0.15, -0.1) is 0 Å². The maximum atomic E-state index is 13.6. The minimum Gasteiger partial charge on any atom is -0.481 e. The summed E-state index contributed by atoms with van der Waals surface area (Å²) in [5.74, 6) is -2.33. The van der Waals surface area contributed by atoms with E-state index in [1.807, 2.05) is 0 Å². The van der Waals surface area contributed by atoms with Crippen LogP contribution in [0.5, 0.6) is 0 Å². The molecular formula is C10H10BrFO2. The molecule has 0 spiro atoms. The van der Waals surface area contributed by atoms with Crippen LogP contribution < -0.4 is 0 Å². The third-order valence-electron chi connectivity index (χ3n) is 2.12. The van der Waals surface area contributed by atoms with Gasteiger partial charge in [-0.1, -0.05) is 22.0 Å². The molecule has 4 heteroatoms. The lowest BCUT2D eigenvalue weighted by molar-refractivity contribution is -0.138. The Labute approximate surface area is 89.9 Å². The van der Waals surface area contributed by atoms with Crippen LogP contribution in [0.25, 0.3) is 0 Å². The normalized spacial score (nSPS) is 12.6. The van der Waals surface area contributed by atoms with Gasteiger partial charge < -0.3 is 5.11 Å². The van der Waals surface area contributed by atoms with Crippen molar-refractivity contribution in [1.29, 1.82) is 0 Å². The van der Waals surface area contributed by atoms with Crippen molar-refractivity contribution in [3.8, 4) is 0 Å². The Hall–Kier alpha value is -0.900. The molecule has 14 heavy (non-hydrogen) atoms. The standard InChI is InChI=1S/C10H10BrFO2/c1-5-3-4-7(11)8(9(5)12)6(2)10(13)14/h3-4,6H,1-2H3,(H,13,14). The Morgan fingerprint density at radius 2 is 2.14 bits per heavy atom. The van der Waals surface area contributed by atoms with Gasteiger partial charge in [0.2, 0.25) is 0 Å². The van der Waals surface area contributed by atoms with Crippen LogP contribution in [-0.2, 0) is 4.79 Å². The van der Waals surface area contributed by atoms with Crippen LogP contribution in [0.1, 0.15) is 24.0 Å². The fraction of sp³-hybridized carbons (Fsp3) is 0.300. The lowest BCUT2D eigenvalue weighted by atomic mass is 9.99. The third kappa shape index (κ3) is 1.95. The topological polar surface area (TPSA) is 37.3 Å². The minimum atomic E-state index is -1.03. The zero-order valence-electron chi connectivity index (χ0n) is 7.84. The molecule has 0 aromatic heterocycles. The van der Waals surface area contributed by atoms with Crippen LogP contribution in [0.3, 0.4) is 0 Å². The first-order valence-electron chi connectivity index (χ1n) is 4.12. The Morgan fingerprint density at radius 3 is 2.64 bits per heavy atom. The van der Waals surface area contributed by atoms with E-state index in [1.54, 1.807) is 19.1 Å². The summed E-state index contributed by atoms with van der Waals surface area (Å²) < 4.78 is 14.1. The first-order valence-corrected chi connectivity index (χ1v) is 4.91. The van der Waals surface area contributed by atoms with Crippen molar-refractivity contribution < 1.29 is 14.3 Å². The second-order valence-electron chi connectivity index (χ2n) is 3.15. The molecule has 0 aliphatic carbocycles. The highest BCUT2D eigenvalue weighted by Gasteiger charge is 2.21. The van der Waals surface area contributed by atoms with Crippen molar-refractivity contribution in [2.24, 2.45) is 0 Å². The summed E-state index contributed by atoms with van der Waals surface area (Å²) in [5.41, 5.74) is 0.661. The molecule has 0 radical (unpaired) electrons. The molecule has 1 unspecified atom stereocenters. The Kier molecular flexibility index (Phi) is 3.26. The molecular weight excluding hydrogens is 251 g/mol. The van der Waals surface area contributed by atoms with Crippen LogP contribution in [0, 0.1) is 12.7 Å². The number of aliphatic carboxylic acids is 1. The van der Waals surface area contributed by atoms with Gasteiger partial charge in [0.25, 0.3) is 0 Å². The smallest absolute Gasteiger partial charge is 0.310 e. The fourth-order valence-corrected chi connectivity index (χ4v) is 1.85. The van der Waals surface area contributed by atoms with Gasteiger partial charge in [-0.05, 0) is 25.5 Å². The molecule has 0 amide bonds. The van der Waals surface area contributed by atoms with E-state index in [9.17, 15) is 9.18 Å². The molecule has 0 saturated heterocycles. The van der Waals surface area contributed by atoms with E-state index in [1.165, 1.54) is 6.92 Å². The number of carboxylic acid groups (broad SMARTS) is 1. The van der Waals surface area contributed by atoms with Gasteiger partial charge in [-0.2, -0.15) is 0 Å². The van der Waals surface area contributed by atoms with Gasteiger partial charge in [-0.3, -0.25) is 4.79 Å². The van der Waals surface area contributed by atoms with Crippen molar-refractivity contribution in [2.75, 3.05) is 0 Å². The van der Waals surface area contributed by atoms with Gasteiger partial charge >= 0.3 is 5.97 Å². The van der Waals surface area contributed by atoms with Gasteiger partial charge in [-0.25, -0.2) is 4.39 Å². The van der Waals surface area contributed by atoms with Gasteiger partial charge in [0.05, 0.1) is 5.92 Å². The van der Waals surface area contributed by atoms with Crippen LogP contribution in [0.15, 0.2) is 16.6 Å². The highest BCUT2D eigenvalue weighted by molar-refractivity contribution is 9.10. The first kappa shape index (κ1) is 11.2. The van der Waals surface area contributed by atoms with E-state index in [2.05, 4.69) is 15.9 Å². The highest BCUT2D eigenvalue weighted by Crippen LogP contribution is 2.29. The quantitative estimate of drug-likeness (QED) is 0.888. The van der Waals surface area contributed by atoms with Crippen LogP contribution in [0.2, 0.25) is 0 Å². The van der Waals surface area contributed by atoms with E-state index in [0.717, 1.165) is 0 Å². The van der Waals surface area contributed by atoms with Crippen LogP contribution in [-0.4, -0.2) is 11.1 Å². The van der Waals surface area contributed by atoms with Crippen molar-refractivity contribution in [1.82, 2.24) is 0 Å². The zero-order chi connectivity index (χ0) is 10.9. The molecule has 0 bridgehead atoms. The van der Waals surface area contributed by atoms with E-state index < -0.39 is 17.7 Å². The van der Waals surface area contributed by atoms with Crippen molar-refractivity contribution in [3.05, 3.63) is 33.5 Å². The predicted octanol–water partition coefficient (Wildman–Crippen LogP) is 3.08. The summed E-state index contributed by atoms with van der Waals surface area (Å²) >= 11 is 3.15. The number of hydrogen-bond acceptors (Lipinski definition) is 1. The van der Waals surface area contributed by atoms with E-state index in [-0.39, 0.29) is 5.56 Å². The second-order valence-corrected chi connectivity index (χ2v) is 4.01. The lowest BCUT2D eigenvalue weighted by Crippen LogP contribution is -2.10. The molecule has 1 rings (SSSR count). The first-order chi connectivity index (χ1) is 6.45. The fourth-order valence-electron chi connectivity index (χ4n) is 1.20. The summed E-state index contributed by atoms with van der Waals surface area (Å²) in [5, 5.41) is 8.79. The summed E-state index contributed by atoms with van der Waals surface area (Å²) in [6.07, 6.45) is 0. The zero-order valence-corrected chi connectivity index (χ0v) is 9.43. The predicted molar refractivity (Wildman–Crippen MR) is 54.9 cm³/mol. The van der Waals surface area contributed by atoms with E-state index in [0.29, 0.717) is 10.0 Å². The molecule has 1 N–H and O–H groups in total. The molecule has 0 aliphatic rings. The monoisotopic (exact) mass is 260 g/mol. The third-order valence-corrected chi connectivity index (χ3v) is 2.81. The minimum absolute atomic E-state index is 0.206. The summed E-state index contributed by atoms with van der Waals surface area (Å²) in [6.45, 7) is 3.07. The van der Waals surface area contributed by atoms with Crippen molar-refractivity contribution in [2.45, 2.75) is 19.8 Å². The van der Waals surface area contributed by atoms with E-state index >= 15 is 0 Å². The maximum absolute atomic E-state index is 13.6.